The number of carbonyl (C=O) groups excluding carboxylic acids is 2. The Kier molecular flexibility index (Phi) is 2.37. The molecule has 0 radical (unpaired) electrons. The van der Waals surface area contributed by atoms with Gasteiger partial charge < -0.3 is 19.5 Å². The molecule has 1 amide bonds. The number of rotatable bonds is 2. The van der Waals surface area contributed by atoms with Crippen LogP contribution in [0.25, 0.3) is 0 Å². The van der Waals surface area contributed by atoms with Gasteiger partial charge in [-0.3, -0.25) is 4.79 Å². The fraction of sp³-hybridized carbons (Fsp3) is 0.375. The lowest BCUT2D eigenvalue weighted by Gasteiger charge is -2.24. The molecule has 0 aromatic heterocycles. The first-order chi connectivity index (χ1) is 10.0. The number of carbonyl (C=O) groups is 2. The molecule has 0 aliphatic carbocycles. The third kappa shape index (κ3) is 1.55. The van der Waals surface area contributed by atoms with Crippen LogP contribution in [0.15, 0.2) is 36.4 Å². The van der Waals surface area contributed by atoms with Crippen molar-refractivity contribution in [2.75, 3.05) is 11.4 Å². The average molecular weight is 284 g/mol. The Morgan fingerprint density at radius 3 is 2.76 bits per heavy atom. The van der Waals surface area contributed by atoms with Crippen LogP contribution in [-0.2, 0) is 14.3 Å². The Balaban J connectivity index is 1.73. The summed E-state index contributed by atoms with van der Waals surface area (Å²) in [5, 5.41) is 11.4. The Hall–Kier alpha value is -2.14. The van der Waals surface area contributed by atoms with Crippen molar-refractivity contribution in [3.8, 4) is 0 Å². The fourth-order valence-electron chi connectivity index (χ4n) is 3.71. The molecule has 3 heterocycles. The van der Waals surface area contributed by atoms with Gasteiger partial charge in [0.05, 0.1) is 18.6 Å². The van der Waals surface area contributed by atoms with Gasteiger partial charge in [-0.15, -0.1) is 0 Å². The first kappa shape index (κ1) is 12.6. The van der Waals surface area contributed by atoms with Crippen LogP contribution < -0.4 is 10.0 Å². The molecular formula is C16H14NO4-. The molecule has 2 fully saturated rings. The number of benzene rings is 1. The van der Waals surface area contributed by atoms with Gasteiger partial charge >= 0.3 is 0 Å². The number of nitrogens with zero attached hydrogens (tertiary/aromatic N) is 1. The standard InChI is InChI=1S/C16H15NO4/c1-9-2-4-10(5-3-9)17-8-16-7-6-11(21-16)12(15(19)20)13(16)14(17)18/h2-7,11-13H,8H2,1H3,(H,19,20)/p-1/t11-,12-,13+,16+/m0/s1. The minimum atomic E-state index is -1.21. The van der Waals surface area contributed by atoms with E-state index >= 15 is 0 Å². The third-order valence-corrected chi connectivity index (χ3v) is 4.72. The fourth-order valence-corrected chi connectivity index (χ4v) is 3.71. The molecule has 21 heavy (non-hydrogen) atoms. The Morgan fingerprint density at radius 2 is 2.10 bits per heavy atom. The zero-order chi connectivity index (χ0) is 14.8. The van der Waals surface area contributed by atoms with Gasteiger partial charge in [0.2, 0.25) is 5.91 Å². The maximum Gasteiger partial charge on any atom is 0.234 e. The molecule has 4 rings (SSSR count). The van der Waals surface area contributed by atoms with Gasteiger partial charge in [0.1, 0.15) is 5.60 Å². The Labute approximate surface area is 121 Å². The van der Waals surface area contributed by atoms with E-state index in [4.69, 9.17) is 4.74 Å². The molecule has 5 nitrogen and oxygen atoms in total. The van der Waals surface area contributed by atoms with E-state index in [1.807, 2.05) is 37.3 Å². The van der Waals surface area contributed by atoms with E-state index in [9.17, 15) is 14.7 Å². The number of anilines is 1. The van der Waals surface area contributed by atoms with Crippen molar-refractivity contribution in [1.82, 2.24) is 0 Å². The van der Waals surface area contributed by atoms with Crippen molar-refractivity contribution in [3.63, 3.8) is 0 Å². The summed E-state index contributed by atoms with van der Waals surface area (Å²) in [6.07, 6.45) is 3.04. The second kappa shape index (κ2) is 3.95. The number of hydrogen-bond acceptors (Lipinski definition) is 4. The lowest BCUT2D eigenvalue weighted by Crippen LogP contribution is -2.45. The number of aliphatic carboxylic acids is 1. The summed E-state index contributed by atoms with van der Waals surface area (Å²) in [6.45, 7) is 2.33. The zero-order valence-electron chi connectivity index (χ0n) is 11.5. The minimum Gasteiger partial charge on any atom is -0.550 e. The smallest absolute Gasteiger partial charge is 0.234 e. The van der Waals surface area contributed by atoms with Crippen molar-refractivity contribution in [2.24, 2.45) is 11.8 Å². The molecule has 1 aromatic carbocycles. The topological polar surface area (TPSA) is 69.7 Å². The van der Waals surface area contributed by atoms with Crippen molar-refractivity contribution in [1.29, 1.82) is 0 Å². The maximum atomic E-state index is 12.7. The summed E-state index contributed by atoms with van der Waals surface area (Å²) < 4.78 is 5.81. The molecule has 4 atom stereocenters. The zero-order valence-corrected chi connectivity index (χ0v) is 11.5. The molecule has 3 aliphatic rings. The third-order valence-electron chi connectivity index (χ3n) is 4.72. The quantitative estimate of drug-likeness (QED) is 0.719. The Morgan fingerprint density at radius 1 is 1.38 bits per heavy atom. The molecule has 3 aliphatic heterocycles. The van der Waals surface area contributed by atoms with Crippen LogP contribution in [0.1, 0.15) is 5.56 Å². The first-order valence-electron chi connectivity index (χ1n) is 6.98. The molecular weight excluding hydrogens is 270 g/mol. The van der Waals surface area contributed by atoms with Gasteiger partial charge in [-0.05, 0) is 19.1 Å². The molecule has 0 saturated carbocycles. The SMILES string of the molecule is Cc1ccc(N2C[C@@]34C=C[C@H](O3)[C@H](C(=O)[O-])[C@@H]4C2=O)cc1. The van der Waals surface area contributed by atoms with E-state index in [1.54, 1.807) is 11.0 Å². The number of ether oxygens (including phenoxy) is 1. The van der Waals surface area contributed by atoms with Gasteiger partial charge in [0, 0.05) is 17.6 Å². The van der Waals surface area contributed by atoms with Gasteiger partial charge in [-0.25, -0.2) is 0 Å². The molecule has 0 N–H and O–H groups in total. The summed E-state index contributed by atoms with van der Waals surface area (Å²) in [7, 11) is 0. The molecule has 2 saturated heterocycles. The van der Waals surface area contributed by atoms with Gasteiger partial charge in [-0.2, -0.15) is 0 Å². The lowest BCUT2D eigenvalue weighted by molar-refractivity contribution is -0.313. The largest absolute Gasteiger partial charge is 0.550 e. The predicted octanol–water partition coefficient (Wildman–Crippen LogP) is 0.0313. The number of carboxylic acid groups (broad SMARTS) is 1. The Bertz CT molecular complexity index is 665. The maximum absolute atomic E-state index is 12.7. The van der Waals surface area contributed by atoms with Gasteiger partial charge in [0.25, 0.3) is 0 Å². The van der Waals surface area contributed by atoms with Gasteiger partial charge in [0.15, 0.2) is 0 Å². The highest BCUT2D eigenvalue weighted by Crippen LogP contribution is 2.52. The van der Waals surface area contributed by atoms with Crippen molar-refractivity contribution in [3.05, 3.63) is 42.0 Å². The molecule has 108 valence electrons. The van der Waals surface area contributed by atoms with E-state index in [0.29, 0.717) is 6.54 Å². The highest BCUT2D eigenvalue weighted by Gasteiger charge is 2.65. The summed E-state index contributed by atoms with van der Waals surface area (Å²) in [5.74, 6) is -2.98. The highest BCUT2D eigenvalue weighted by atomic mass is 16.5. The summed E-state index contributed by atoms with van der Waals surface area (Å²) >= 11 is 0. The van der Waals surface area contributed by atoms with Crippen LogP contribution in [0.3, 0.4) is 0 Å². The van der Waals surface area contributed by atoms with E-state index in [2.05, 4.69) is 0 Å². The van der Waals surface area contributed by atoms with Crippen LogP contribution >= 0.6 is 0 Å². The number of amides is 1. The van der Waals surface area contributed by atoms with Crippen LogP contribution in [0, 0.1) is 18.8 Å². The summed E-state index contributed by atoms with van der Waals surface area (Å²) in [6, 6.07) is 7.60. The number of hydrogen-bond donors (Lipinski definition) is 0. The highest BCUT2D eigenvalue weighted by molar-refractivity contribution is 6.02. The summed E-state index contributed by atoms with van der Waals surface area (Å²) in [5.41, 5.74) is 1.07. The second-order valence-electron chi connectivity index (χ2n) is 5.98. The molecule has 1 aromatic rings. The normalized spacial score (nSPS) is 36.3. The van der Waals surface area contributed by atoms with Crippen molar-refractivity contribution < 1.29 is 19.4 Å². The number of fused-ring (bicyclic) bond motifs is 1. The minimum absolute atomic E-state index is 0.195. The lowest BCUT2D eigenvalue weighted by atomic mass is 9.77. The van der Waals surface area contributed by atoms with E-state index < -0.39 is 29.5 Å². The average Bonchev–Trinajstić information content (AvgIpc) is 3.08. The second-order valence-corrected chi connectivity index (χ2v) is 5.98. The van der Waals surface area contributed by atoms with Crippen molar-refractivity contribution >= 4 is 17.6 Å². The van der Waals surface area contributed by atoms with Crippen LogP contribution in [0.5, 0.6) is 0 Å². The van der Waals surface area contributed by atoms with Crippen LogP contribution in [-0.4, -0.2) is 30.1 Å². The predicted molar refractivity (Wildman–Crippen MR) is 72.3 cm³/mol. The number of carboxylic acids is 1. The van der Waals surface area contributed by atoms with Crippen molar-refractivity contribution in [2.45, 2.75) is 18.6 Å². The number of aryl methyl sites for hydroxylation is 1. The molecule has 5 heteroatoms. The molecule has 1 spiro atoms. The monoisotopic (exact) mass is 284 g/mol. The summed E-state index contributed by atoms with van der Waals surface area (Å²) in [4.78, 5) is 25.7. The van der Waals surface area contributed by atoms with E-state index in [0.717, 1.165) is 11.3 Å². The van der Waals surface area contributed by atoms with Gasteiger partial charge in [-0.1, -0.05) is 29.8 Å². The van der Waals surface area contributed by atoms with Crippen LogP contribution in [0.2, 0.25) is 0 Å². The molecule has 2 bridgehead atoms. The van der Waals surface area contributed by atoms with E-state index in [-0.39, 0.29) is 5.91 Å². The molecule has 0 unspecified atom stereocenters. The van der Waals surface area contributed by atoms with E-state index in [1.165, 1.54) is 0 Å². The van der Waals surface area contributed by atoms with Crippen LogP contribution in [0.4, 0.5) is 5.69 Å². The first-order valence-corrected chi connectivity index (χ1v) is 6.98.